The van der Waals surface area contributed by atoms with Gasteiger partial charge in [0.2, 0.25) is 0 Å². The third-order valence-electron chi connectivity index (χ3n) is 2.64. The zero-order valence-electron chi connectivity index (χ0n) is 12.1. The number of nitrogens with one attached hydrogen (secondary N) is 1. The molecule has 0 saturated carbocycles. The molecule has 0 spiro atoms. The normalized spacial score (nSPS) is 12.4. The van der Waals surface area contributed by atoms with Crippen LogP contribution >= 0.6 is 0 Å². The van der Waals surface area contributed by atoms with Crippen molar-refractivity contribution in [1.29, 1.82) is 0 Å². The van der Waals surface area contributed by atoms with Gasteiger partial charge in [0.15, 0.2) is 0 Å². The van der Waals surface area contributed by atoms with E-state index in [1.165, 1.54) is 45.3 Å². The van der Waals surface area contributed by atoms with Crippen LogP contribution in [0.2, 0.25) is 0 Å². The SMILES string of the molecule is CCNCCCCCCN(C)CC(C)(C)C. The first-order valence-electron chi connectivity index (χ1n) is 6.85. The van der Waals surface area contributed by atoms with E-state index < -0.39 is 0 Å². The van der Waals surface area contributed by atoms with E-state index in [0.717, 1.165) is 6.54 Å². The first kappa shape index (κ1) is 15.9. The smallest absolute Gasteiger partial charge is 0.00270 e. The first-order chi connectivity index (χ1) is 7.45. The van der Waals surface area contributed by atoms with Crippen LogP contribution in [-0.2, 0) is 0 Å². The highest BCUT2D eigenvalue weighted by Gasteiger charge is 2.12. The second kappa shape index (κ2) is 9.00. The zero-order valence-corrected chi connectivity index (χ0v) is 12.1. The van der Waals surface area contributed by atoms with E-state index in [2.05, 4.69) is 45.0 Å². The maximum absolute atomic E-state index is 3.37. The third-order valence-corrected chi connectivity index (χ3v) is 2.64. The van der Waals surface area contributed by atoms with Gasteiger partial charge in [0.1, 0.15) is 0 Å². The summed E-state index contributed by atoms with van der Waals surface area (Å²) in [4.78, 5) is 2.46. The number of unbranched alkanes of at least 4 members (excludes halogenated alkanes) is 3. The third kappa shape index (κ3) is 12.0. The number of rotatable bonds is 9. The van der Waals surface area contributed by atoms with E-state index in [0.29, 0.717) is 5.41 Å². The molecule has 98 valence electrons. The average molecular weight is 228 g/mol. The molecule has 2 heteroatoms. The van der Waals surface area contributed by atoms with Gasteiger partial charge in [-0.3, -0.25) is 0 Å². The van der Waals surface area contributed by atoms with Crippen molar-refractivity contribution in [1.82, 2.24) is 10.2 Å². The minimum atomic E-state index is 0.430. The monoisotopic (exact) mass is 228 g/mol. The highest BCUT2D eigenvalue weighted by Crippen LogP contribution is 2.14. The lowest BCUT2D eigenvalue weighted by molar-refractivity contribution is 0.223. The van der Waals surface area contributed by atoms with Crippen molar-refractivity contribution < 1.29 is 0 Å². The van der Waals surface area contributed by atoms with Crippen molar-refractivity contribution in [3.8, 4) is 0 Å². The summed E-state index contributed by atoms with van der Waals surface area (Å²) >= 11 is 0. The largest absolute Gasteiger partial charge is 0.317 e. The van der Waals surface area contributed by atoms with Gasteiger partial charge in [-0.05, 0) is 44.9 Å². The fraction of sp³-hybridized carbons (Fsp3) is 1.00. The predicted molar refractivity (Wildman–Crippen MR) is 74.0 cm³/mol. The van der Waals surface area contributed by atoms with Crippen LogP contribution in [0.4, 0.5) is 0 Å². The molecule has 0 rings (SSSR count). The molecule has 0 bridgehead atoms. The van der Waals surface area contributed by atoms with Gasteiger partial charge in [-0.15, -0.1) is 0 Å². The predicted octanol–water partition coefficient (Wildman–Crippen LogP) is 3.13. The summed E-state index contributed by atoms with van der Waals surface area (Å²) in [6, 6.07) is 0. The van der Waals surface area contributed by atoms with Gasteiger partial charge in [-0.2, -0.15) is 0 Å². The summed E-state index contributed by atoms with van der Waals surface area (Å²) in [6.07, 6.45) is 5.42. The highest BCUT2D eigenvalue weighted by molar-refractivity contribution is 4.66. The molecular formula is C14H32N2. The molecule has 1 N–H and O–H groups in total. The minimum absolute atomic E-state index is 0.430. The number of nitrogens with zero attached hydrogens (tertiary/aromatic N) is 1. The molecule has 2 nitrogen and oxygen atoms in total. The summed E-state index contributed by atoms with van der Waals surface area (Å²) in [7, 11) is 2.24. The summed E-state index contributed by atoms with van der Waals surface area (Å²) in [5, 5.41) is 3.37. The maximum atomic E-state index is 3.37. The van der Waals surface area contributed by atoms with Crippen LogP contribution < -0.4 is 5.32 Å². The van der Waals surface area contributed by atoms with Crippen molar-refractivity contribution >= 4 is 0 Å². The lowest BCUT2D eigenvalue weighted by atomic mass is 9.96. The molecule has 0 aromatic carbocycles. The van der Waals surface area contributed by atoms with Crippen LogP contribution in [0, 0.1) is 5.41 Å². The maximum Gasteiger partial charge on any atom is 0.00270 e. The Morgan fingerprint density at radius 3 is 2.19 bits per heavy atom. The average Bonchev–Trinajstić information content (AvgIpc) is 2.13. The van der Waals surface area contributed by atoms with Gasteiger partial charge in [-0.1, -0.05) is 40.5 Å². The fourth-order valence-corrected chi connectivity index (χ4v) is 2.05. The molecule has 16 heavy (non-hydrogen) atoms. The second-order valence-electron chi connectivity index (χ2n) is 6.07. The Kier molecular flexibility index (Phi) is 8.96. The van der Waals surface area contributed by atoms with Gasteiger partial charge < -0.3 is 10.2 Å². The minimum Gasteiger partial charge on any atom is -0.317 e. The molecule has 0 radical (unpaired) electrons. The Hall–Kier alpha value is -0.0800. The van der Waals surface area contributed by atoms with Crippen LogP contribution in [0.3, 0.4) is 0 Å². The zero-order chi connectivity index (χ0) is 12.4. The van der Waals surface area contributed by atoms with E-state index in [-0.39, 0.29) is 0 Å². The van der Waals surface area contributed by atoms with Gasteiger partial charge in [-0.25, -0.2) is 0 Å². The van der Waals surface area contributed by atoms with Crippen LogP contribution in [0.15, 0.2) is 0 Å². The molecule has 0 aliphatic heterocycles. The Morgan fingerprint density at radius 2 is 1.62 bits per heavy atom. The molecule has 0 heterocycles. The second-order valence-corrected chi connectivity index (χ2v) is 6.07. The molecule has 0 aromatic heterocycles. The Labute approximate surface area is 103 Å². The standard InChI is InChI=1S/C14H32N2/c1-6-15-11-9-7-8-10-12-16(5)13-14(2,3)4/h15H,6-13H2,1-5H3. The van der Waals surface area contributed by atoms with Crippen molar-refractivity contribution in [3.05, 3.63) is 0 Å². The van der Waals surface area contributed by atoms with Crippen LogP contribution in [0.5, 0.6) is 0 Å². The lowest BCUT2D eigenvalue weighted by Crippen LogP contribution is -2.30. The summed E-state index contributed by atoms with van der Waals surface area (Å²) in [5.74, 6) is 0. The molecule has 0 atom stereocenters. The Bertz CT molecular complexity index is 149. The topological polar surface area (TPSA) is 15.3 Å². The van der Waals surface area contributed by atoms with Crippen LogP contribution in [0.1, 0.15) is 53.4 Å². The van der Waals surface area contributed by atoms with E-state index in [9.17, 15) is 0 Å². The quantitative estimate of drug-likeness (QED) is 0.610. The van der Waals surface area contributed by atoms with Gasteiger partial charge >= 0.3 is 0 Å². The molecule has 0 unspecified atom stereocenters. The lowest BCUT2D eigenvalue weighted by Gasteiger charge is -2.26. The molecule has 0 aliphatic rings. The summed E-state index contributed by atoms with van der Waals surface area (Å²) in [5.41, 5.74) is 0.430. The van der Waals surface area contributed by atoms with Crippen molar-refractivity contribution in [2.45, 2.75) is 53.4 Å². The van der Waals surface area contributed by atoms with E-state index in [4.69, 9.17) is 0 Å². The van der Waals surface area contributed by atoms with Gasteiger partial charge in [0, 0.05) is 6.54 Å². The van der Waals surface area contributed by atoms with Gasteiger partial charge in [0.25, 0.3) is 0 Å². The highest BCUT2D eigenvalue weighted by atomic mass is 15.1. The number of hydrogen-bond donors (Lipinski definition) is 1. The Morgan fingerprint density at radius 1 is 1.00 bits per heavy atom. The van der Waals surface area contributed by atoms with Crippen LogP contribution in [0.25, 0.3) is 0 Å². The van der Waals surface area contributed by atoms with E-state index in [1.807, 2.05) is 0 Å². The Balaban J connectivity index is 3.25. The number of hydrogen-bond acceptors (Lipinski definition) is 2. The van der Waals surface area contributed by atoms with Crippen LogP contribution in [-0.4, -0.2) is 38.1 Å². The fourth-order valence-electron chi connectivity index (χ4n) is 2.05. The van der Waals surface area contributed by atoms with E-state index in [1.54, 1.807) is 0 Å². The van der Waals surface area contributed by atoms with E-state index >= 15 is 0 Å². The first-order valence-corrected chi connectivity index (χ1v) is 6.85. The van der Waals surface area contributed by atoms with Crippen molar-refractivity contribution in [2.24, 2.45) is 5.41 Å². The van der Waals surface area contributed by atoms with Crippen molar-refractivity contribution in [2.75, 3.05) is 33.2 Å². The molecule has 0 amide bonds. The molecule has 0 aromatic rings. The molecule has 0 fully saturated rings. The molecule has 0 saturated heterocycles. The van der Waals surface area contributed by atoms with Gasteiger partial charge in [0.05, 0.1) is 0 Å². The van der Waals surface area contributed by atoms with Crippen molar-refractivity contribution in [3.63, 3.8) is 0 Å². The summed E-state index contributed by atoms with van der Waals surface area (Å²) < 4.78 is 0. The summed E-state index contributed by atoms with van der Waals surface area (Å²) in [6.45, 7) is 13.8. The molecule has 0 aliphatic carbocycles. The molecular weight excluding hydrogens is 196 g/mol.